The van der Waals surface area contributed by atoms with E-state index < -0.39 is 0 Å². The number of morpholine rings is 1. The van der Waals surface area contributed by atoms with E-state index in [1.807, 2.05) is 18.2 Å². The molecule has 1 saturated heterocycles. The van der Waals surface area contributed by atoms with Gasteiger partial charge in [-0.25, -0.2) is 0 Å². The monoisotopic (exact) mass is 257 g/mol. The van der Waals surface area contributed by atoms with Crippen LogP contribution >= 0.6 is 0 Å². The maximum atomic E-state index is 5.46. The Hall–Kier alpha value is -1.30. The van der Waals surface area contributed by atoms with Crippen LogP contribution in [-0.4, -0.2) is 36.7 Å². The van der Waals surface area contributed by atoms with Gasteiger partial charge in [-0.2, -0.15) is 0 Å². The molecule has 0 spiro atoms. The predicted octanol–water partition coefficient (Wildman–Crippen LogP) is 2.93. The second-order valence-corrected chi connectivity index (χ2v) is 4.95. The molecule has 1 heterocycles. The molecule has 1 aromatic rings. The largest absolute Gasteiger partial charge is 0.379 e. The Kier molecular flexibility index (Phi) is 5.01. The van der Waals surface area contributed by atoms with Crippen molar-refractivity contribution in [2.24, 2.45) is 0 Å². The second-order valence-electron chi connectivity index (χ2n) is 4.95. The molecular weight excluding hydrogens is 234 g/mol. The fourth-order valence-corrected chi connectivity index (χ4v) is 2.65. The molecule has 0 amide bonds. The van der Waals surface area contributed by atoms with Crippen LogP contribution in [0.2, 0.25) is 0 Å². The Labute approximate surface area is 116 Å². The Morgan fingerprint density at radius 1 is 1.11 bits per heavy atom. The molecule has 1 aliphatic heterocycles. The molecule has 0 atom stereocenters. The molecule has 0 bridgehead atoms. The number of rotatable bonds is 3. The lowest BCUT2D eigenvalue weighted by molar-refractivity contribution is -0.00526. The van der Waals surface area contributed by atoms with Crippen LogP contribution in [0, 0.1) is 11.8 Å². The number of nitrogens with zero attached hydrogens (tertiary/aromatic N) is 1. The molecular formula is C17H23NO. The van der Waals surface area contributed by atoms with Gasteiger partial charge in [0.2, 0.25) is 0 Å². The Morgan fingerprint density at radius 3 is 2.32 bits per heavy atom. The maximum Gasteiger partial charge on any atom is 0.0825 e. The van der Waals surface area contributed by atoms with Crippen molar-refractivity contribution in [2.45, 2.75) is 32.2 Å². The zero-order valence-electron chi connectivity index (χ0n) is 12.0. The van der Waals surface area contributed by atoms with Gasteiger partial charge >= 0.3 is 0 Å². The zero-order chi connectivity index (χ0) is 13.6. The molecule has 0 N–H and O–H groups in total. The van der Waals surface area contributed by atoms with E-state index in [1.54, 1.807) is 0 Å². The summed E-state index contributed by atoms with van der Waals surface area (Å²) < 4.78 is 5.46. The molecule has 0 unspecified atom stereocenters. The van der Waals surface area contributed by atoms with Crippen molar-refractivity contribution >= 4 is 0 Å². The van der Waals surface area contributed by atoms with Gasteiger partial charge in [-0.3, -0.25) is 4.90 Å². The van der Waals surface area contributed by atoms with Crippen LogP contribution < -0.4 is 0 Å². The number of hydrogen-bond acceptors (Lipinski definition) is 2. The number of benzene rings is 1. The highest BCUT2D eigenvalue weighted by atomic mass is 16.5. The first-order valence-corrected chi connectivity index (χ1v) is 7.22. The van der Waals surface area contributed by atoms with E-state index >= 15 is 0 Å². The van der Waals surface area contributed by atoms with Crippen LogP contribution in [-0.2, 0) is 4.74 Å². The fourth-order valence-electron chi connectivity index (χ4n) is 2.65. The SMILES string of the molecule is CCC(C#Cc1ccccc1)(CC)N1CCOCC1. The van der Waals surface area contributed by atoms with Gasteiger partial charge in [-0.1, -0.05) is 43.9 Å². The van der Waals surface area contributed by atoms with Crippen LogP contribution in [0.3, 0.4) is 0 Å². The van der Waals surface area contributed by atoms with Crippen molar-refractivity contribution in [3.8, 4) is 11.8 Å². The smallest absolute Gasteiger partial charge is 0.0825 e. The van der Waals surface area contributed by atoms with Crippen molar-refractivity contribution in [3.63, 3.8) is 0 Å². The molecule has 0 aromatic heterocycles. The van der Waals surface area contributed by atoms with E-state index in [9.17, 15) is 0 Å². The number of hydrogen-bond donors (Lipinski definition) is 0. The highest BCUT2D eigenvalue weighted by Gasteiger charge is 2.32. The zero-order valence-corrected chi connectivity index (χ0v) is 12.0. The first-order valence-electron chi connectivity index (χ1n) is 7.22. The third-order valence-electron chi connectivity index (χ3n) is 4.00. The van der Waals surface area contributed by atoms with Crippen molar-refractivity contribution in [2.75, 3.05) is 26.3 Å². The lowest BCUT2D eigenvalue weighted by Gasteiger charge is -2.41. The van der Waals surface area contributed by atoms with Gasteiger partial charge in [0.25, 0.3) is 0 Å². The molecule has 1 aliphatic rings. The summed E-state index contributed by atoms with van der Waals surface area (Å²) in [6.07, 6.45) is 2.12. The van der Waals surface area contributed by atoms with Gasteiger partial charge in [0.05, 0.1) is 18.8 Å². The lowest BCUT2D eigenvalue weighted by Crippen LogP contribution is -2.52. The topological polar surface area (TPSA) is 12.5 Å². The van der Waals surface area contributed by atoms with Crippen LogP contribution in [0.15, 0.2) is 30.3 Å². The minimum absolute atomic E-state index is 0.000376. The summed E-state index contributed by atoms with van der Waals surface area (Å²) >= 11 is 0. The van der Waals surface area contributed by atoms with Gasteiger partial charge < -0.3 is 4.74 Å². The molecule has 2 nitrogen and oxygen atoms in total. The fraction of sp³-hybridized carbons (Fsp3) is 0.529. The van der Waals surface area contributed by atoms with E-state index in [4.69, 9.17) is 4.74 Å². The van der Waals surface area contributed by atoms with Crippen LogP contribution in [0.5, 0.6) is 0 Å². The summed E-state index contributed by atoms with van der Waals surface area (Å²) in [6, 6.07) is 10.3. The summed E-state index contributed by atoms with van der Waals surface area (Å²) in [5.74, 6) is 6.89. The molecule has 19 heavy (non-hydrogen) atoms. The predicted molar refractivity (Wildman–Crippen MR) is 79.0 cm³/mol. The molecule has 102 valence electrons. The Bertz CT molecular complexity index is 433. The summed E-state index contributed by atoms with van der Waals surface area (Å²) in [4.78, 5) is 2.49. The Balaban J connectivity index is 2.21. The normalized spacial score (nSPS) is 16.7. The van der Waals surface area contributed by atoms with Crippen molar-refractivity contribution in [1.82, 2.24) is 4.90 Å². The standard InChI is InChI=1S/C17H23NO/c1-3-17(4-2,18-12-14-19-15-13-18)11-10-16-8-6-5-7-9-16/h5-9H,3-4,12-15H2,1-2H3. The lowest BCUT2D eigenvalue weighted by atomic mass is 9.90. The Morgan fingerprint density at radius 2 is 1.74 bits per heavy atom. The van der Waals surface area contributed by atoms with Crippen LogP contribution in [0.4, 0.5) is 0 Å². The van der Waals surface area contributed by atoms with Crippen molar-refractivity contribution in [3.05, 3.63) is 35.9 Å². The number of ether oxygens (including phenoxy) is 1. The molecule has 1 fully saturated rings. The molecule has 2 rings (SSSR count). The molecule has 0 aliphatic carbocycles. The average molecular weight is 257 g/mol. The highest BCUT2D eigenvalue weighted by Crippen LogP contribution is 2.24. The van der Waals surface area contributed by atoms with Crippen molar-refractivity contribution in [1.29, 1.82) is 0 Å². The van der Waals surface area contributed by atoms with Crippen LogP contribution in [0.25, 0.3) is 0 Å². The van der Waals surface area contributed by atoms with Crippen molar-refractivity contribution < 1.29 is 4.74 Å². The summed E-state index contributed by atoms with van der Waals surface area (Å²) in [6.45, 7) is 8.11. The van der Waals surface area contributed by atoms with Gasteiger partial charge in [-0.15, -0.1) is 0 Å². The maximum absolute atomic E-state index is 5.46. The first-order chi connectivity index (χ1) is 9.30. The quantitative estimate of drug-likeness (QED) is 0.772. The molecule has 1 aromatic carbocycles. The summed E-state index contributed by atoms with van der Waals surface area (Å²) in [5, 5.41) is 0. The molecule has 2 heteroatoms. The minimum atomic E-state index is -0.000376. The summed E-state index contributed by atoms with van der Waals surface area (Å²) in [5.41, 5.74) is 1.10. The average Bonchev–Trinajstić information content (AvgIpc) is 2.51. The van der Waals surface area contributed by atoms with E-state index in [-0.39, 0.29) is 5.54 Å². The van der Waals surface area contributed by atoms with E-state index in [1.165, 1.54) is 0 Å². The molecule has 0 saturated carbocycles. The first kappa shape index (κ1) is 14.1. The summed E-state index contributed by atoms with van der Waals surface area (Å²) in [7, 11) is 0. The van der Waals surface area contributed by atoms with Crippen LogP contribution in [0.1, 0.15) is 32.3 Å². The van der Waals surface area contributed by atoms with Gasteiger partial charge in [0, 0.05) is 18.7 Å². The third-order valence-corrected chi connectivity index (χ3v) is 4.00. The van der Waals surface area contributed by atoms with Gasteiger partial charge in [0.1, 0.15) is 0 Å². The van der Waals surface area contributed by atoms with E-state index in [0.29, 0.717) is 0 Å². The van der Waals surface area contributed by atoms with Gasteiger partial charge in [0.15, 0.2) is 0 Å². The minimum Gasteiger partial charge on any atom is -0.379 e. The van der Waals surface area contributed by atoms with E-state index in [0.717, 1.165) is 44.7 Å². The second kappa shape index (κ2) is 6.75. The van der Waals surface area contributed by atoms with Gasteiger partial charge in [-0.05, 0) is 25.0 Å². The third kappa shape index (κ3) is 3.37. The van der Waals surface area contributed by atoms with E-state index in [2.05, 4.69) is 42.7 Å². The highest BCUT2D eigenvalue weighted by molar-refractivity contribution is 5.36. The molecule has 0 radical (unpaired) electrons.